The van der Waals surface area contributed by atoms with Gasteiger partial charge >= 0.3 is 12.1 Å². The Hall–Kier alpha value is -1.25. The standard InChI is InChI=1S/C12H12F3NO3S.C2H6/c13-12(14,15)9-2-1-8(11(17)18)7-10(9)20-16-3-5-19-6-4-16;1-2/h1-2,7H,3-6H2,(H,17,18);1-2H3. The molecule has 22 heavy (non-hydrogen) atoms. The quantitative estimate of drug-likeness (QED) is 0.851. The number of hydrogen-bond acceptors (Lipinski definition) is 4. The Labute approximate surface area is 131 Å². The van der Waals surface area contributed by atoms with Gasteiger partial charge in [0, 0.05) is 18.0 Å². The number of halogens is 3. The molecule has 8 heteroatoms. The lowest BCUT2D eigenvalue weighted by molar-refractivity contribution is -0.139. The second-order valence-corrected chi connectivity index (χ2v) is 5.29. The summed E-state index contributed by atoms with van der Waals surface area (Å²) in [6, 6.07) is 2.84. The molecule has 0 bridgehead atoms. The minimum atomic E-state index is -4.51. The first kappa shape index (κ1) is 18.8. The summed E-state index contributed by atoms with van der Waals surface area (Å²) in [6.07, 6.45) is -4.51. The number of hydrogen-bond donors (Lipinski definition) is 1. The molecule has 1 aromatic rings. The highest BCUT2D eigenvalue weighted by atomic mass is 32.2. The molecule has 0 unspecified atom stereocenters. The largest absolute Gasteiger partial charge is 0.478 e. The van der Waals surface area contributed by atoms with Crippen molar-refractivity contribution in [1.29, 1.82) is 0 Å². The van der Waals surface area contributed by atoms with E-state index in [9.17, 15) is 18.0 Å². The van der Waals surface area contributed by atoms with Crippen molar-refractivity contribution in [2.24, 2.45) is 0 Å². The van der Waals surface area contributed by atoms with Crippen LogP contribution in [0.4, 0.5) is 13.2 Å². The second kappa shape index (κ2) is 8.40. The molecule has 0 aliphatic carbocycles. The Morgan fingerprint density at radius 2 is 1.86 bits per heavy atom. The van der Waals surface area contributed by atoms with Crippen molar-refractivity contribution >= 4 is 17.9 Å². The molecule has 124 valence electrons. The molecule has 0 radical (unpaired) electrons. The van der Waals surface area contributed by atoms with E-state index < -0.39 is 17.7 Å². The van der Waals surface area contributed by atoms with Crippen molar-refractivity contribution in [3.05, 3.63) is 29.3 Å². The number of carboxylic acids is 1. The van der Waals surface area contributed by atoms with E-state index in [0.29, 0.717) is 26.3 Å². The van der Waals surface area contributed by atoms with E-state index in [4.69, 9.17) is 9.84 Å². The molecule has 1 heterocycles. The molecule has 1 fully saturated rings. The van der Waals surface area contributed by atoms with Gasteiger partial charge in [-0.3, -0.25) is 0 Å². The maximum absolute atomic E-state index is 12.9. The average molecular weight is 337 g/mol. The van der Waals surface area contributed by atoms with Gasteiger partial charge in [-0.05, 0) is 30.1 Å². The maximum atomic E-state index is 12.9. The van der Waals surface area contributed by atoms with Crippen molar-refractivity contribution in [2.75, 3.05) is 26.3 Å². The van der Waals surface area contributed by atoms with E-state index in [-0.39, 0.29) is 10.5 Å². The van der Waals surface area contributed by atoms with Gasteiger partial charge in [0.15, 0.2) is 0 Å². The zero-order valence-corrected chi connectivity index (χ0v) is 13.1. The SMILES string of the molecule is CC.O=C(O)c1ccc(C(F)(F)F)c(SN2CCOCC2)c1. The molecule has 1 aliphatic heterocycles. The number of carboxylic acid groups (broad SMARTS) is 1. The van der Waals surface area contributed by atoms with Crippen molar-refractivity contribution < 1.29 is 27.8 Å². The van der Waals surface area contributed by atoms with Crippen LogP contribution in [0.1, 0.15) is 29.8 Å². The summed E-state index contributed by atoms with van der Waals surface area (Å²) in [4.78, 5) is 10.8. The normalized spacial score (nSPS) is 15.9. The summed E-state index contributed by atoms with van der Waals surface area (Å²) in [6.45, 7) is 5.90. The van der Waals surface area contributed by atoms with E-state index in [2.05, 4.69) is 0 Å². The minimum absolute atomic E-state index is 0.0979. The van der Waals surface area contributed by atoms with Crippen LogP contribution in [0.3, 0.4) is 0 Å². The van der Waals surface area contributed by atoms with Crippen LogP contribution in [-0.4, -0.2) is 41.7 Å². The van der Waals surface area contributed by atoms with Gasteiger partial charge in [-0.25, -0.2) is 9.10 Å². The summed E-state index contributed by atoms with van der Waals surface area (Å²) < 4.78 is 45.7. The van der Waals surface area contributed by atoms with Gasteiger partial charge in [0.1, 0.15) is 0 Å². The molecule has 1 aromatic carbocycles. The van der Waals surface area contributed by atoms with Gasteiger partial charge in [-0.2, -0.15) is 13.2 Å². The first-order valence-corrected chi connectivity index (χ1v) is 7.60. The lowest BCUT2D eigenvalue weighted by atomic mass is 10.1. The van der Waals surface area contributed by atoms with Gasteiger partial charge in [0.2, 0.25) is 0 Å². The fourth-order valence-electron chi connectivity index (χ4n) is 1.74. The number of aromatic carboxylic acids is 1. The molecule has 0 amide bonds. The summed E-state index contributed by atoms with van der Waals surface area (Å²) in [5.74, 6) is -1.25. The van der Waals surface area contributed by atoms with Crippen molar-refractivity contribution in [3.8, 4) is 0 Å². The highest BCUT2D eigenvalue weighted by Gasteiger charge is 2.34. The molecular weight excluding hydrogens is 319 g/mol. The molecule has 0 atom stereocenters. The zero-order chi connectivity index (χ0) is 16.8. The van der Waals surface area contributed by atoms with Crippen LogP contribution in [0.5, 0.6) is 0 Å². The number of carbonyl (C=O) groups is 1. The lowest BCUT2D eigenvalue weighted by Gasteiger charge is -2.26. The Morgan fingerprint density at radius 3 is 2.36 bits per heavy atom. The van der Waals surface area contributed by atoms with E-state index >= 15 is 0 Å². The minimum Gasteiger partial charge on any atom is -0.478 e. The number of benzene rings is 1. The molecule has 1 N–H and O–H groups in total. The Balaban J connectivity index is 0.00000116. The molecule has 1 aliphatic rings. The monoisotopic (exact) mass is 337 g/mol. The van der Waals surface area contributed by atoms with E-state index in [1.165, 1.54) is 0 Å². The van der Waals surface area contributed by atoms with E-state index in [0.717, 1.165) is 30.1 Å². The van der Waals surface area contributed by atoms with Gasteiger partial charge in [-0.1, -0.05) is 13.8 Å². The number of alkyl halides is 3. The first-order chi connectivity index (χ1) is 10.4. The first-order valence-electron chi connectivity index (χ1n) is 6.83. The number of nitrogens with zero attached hydrogens (tertiary/aromatic N) is 1. The van der Waals surface area contributed by atoms with Crippen LogP contribution >= 0.6 is 11.9 Å². The Kier molecular flexibility index (Phi) is 7.18. The molecule has 1 saturated heterocycles. The molecule has 0 aromatic heterocycles. The third kappa shape index (κ3) is 5.19. The summed E-state index contributed by atoms with van der Waals surface area (Å²) in [5.41, 5.74) is -0.979. The topological polar surface area (TPSA) is 49.8 Å². The third-order valence-corrected chi connectivity index (χ3v) is 3.89. The number of morpholine rings is 1. The Bertz CT molecular complexity index is 503. The molecule has 0 spiro atoms. The van der Waals surface area contributed by atoms with Gasteiger partial charge in [0.25, 0.3) is 0 Å². The van der Waals surface area contributed by atoms with Crippen LogP contribution in [0.15, 0.2) is 23.1 Å². The predicted octanol–water partition coefficient (Wildman–Crippen LogP) is 3.77. The molecule has 4 nitrogen and oxygen atoms in total. The van der Waals surface area contributed by atoms with Crippen LogP contribution in [0.25, 0.3) is 0 Å². The van der Waals surface area contributed by atoms with Gasteiger partial charge in [-0.15, -0.1) is 0 Å². The van der Waals surface area contributed by atoms with Gasteiger partial charge < -0.3 is 9.84 Å². The predicted molar refractivity (Wildman–Crippen MR) is 78.0 cm³/mol. The number of ether oxygens (including phenoxy) is 1. The third-order valence-electron chi connectivity index (χ3n) is 2.73. The van der Waals surface area contributed by atoms with E-state index in [1.54, 1.807) is 4.31 Å². The summed E-state index contributed by atoms with van der Waals surface area (Å²) >= 11 is 0.920. The van der Waals surface area contributed by atoms with E-state index in [1.807, 2.05) is 13.8 Å². The lowest BCUT2D eigenvalue weighted by Crippen LogP contribution is -2.31. The zero-order valence-electron chi connectivity index (χ0n) is 12.3. The van der Waals surface area contributed by atoms with Crippen LogP contribution in [0, 0.1) is 0 Å². The van der Waals surface area contributed by atoms with Gasteiger partial charge in [0.05, 0.1) is 24.3 Å². The number of rotatable bonds is 3. The highest BCUT2D eigenvalue weighted by Crippen LogP contribution is 2.38. The second-order valence-electron chi connectivity index (χ2n) is 4.15. The fraction of sp³-hybridized carbons (Fsp3) is 0.500. The van der Waals surface area contributed by atoms with Crippen LogP contribution in [-0.2, 0) is 10.9 Å². The molecular formula is C14H18F3NO3S. The fourth-order valence-corrected chi connectivity index (χ4v) is 2.81. The molecule has 2 rings (SSSR count). The van der Waals surface area contributed by atoms with Crippen LogP contribution in [0.2, 0.25) is 0 Å². The smallest absolute Gasteiger partial charge is 0.417 e. The Morgan fingerprint density at radius 1 is 1.27 bits per heavy atom. The van der Waals surface area contributed by atoms with Crippen LogP contribution < -0.4 is 0 Å². The summed E-state index contributed by atoms with van der Waals surface area (Å²) in [5, 5.41) is 8.88. The average Bonchev–Trinajstić information content (AvgIpc) is 2.49. The van der Waals surface area contributed by atoms with Crippen molar-refractivity contribution in [1.82, 2.24) is 4.31 Å². The maximum Gasteiger partial charge on any atom is 0.417 e. The summed E-state index contributed by atoms with van der Waals surface area (Å²) in [7, 11) is 0. The highest BCUT2D eigenvalue weighted by molar-refractivity contribution is 7.97. The van der Waals surface area contributed by atoms with Crippen molar-refractivity contribution in [2.45, 2.75) is 24.9 Å². The van der Waals surface area contributed by atoms with Crippen molar-refractivity contribution in [3.63, 3.8) is 0 Å². The molecule has 0 saturated carbocycles.